The third-order valence-corrected chi connectivity index (χ3v) is 5.53. The zero-order valence-corrected chi connectivity index (χ0v) is 15.8. The van der Waals surface area contributed by atoms with E-state index in [0.717, 1.165) is 17.0 Å². The Labute approximate surface area is 158 Å². The first kappa shape index (κ1) is 18.3. The van der Waals surface area contributed by atoms with Crippen LogP contribution in [0.4, 0.5) is 0 Å². The molecular weight excluding hydrogens is 352 g/mol. The number of hydrogen-bond acceptors (Lipinski definition) is 3. The zero-order chi connectivity index (χ0) is 17.5. The summed E-state index contributed by atoms with van der Waals surface area (Å²) < 4.78 is 0. The topological polar surface area (TPSA) is 32.3 Å². The van der Waals surface area contributed by atoms with Gasteiger partial charge >= 0.3 is 0 Å². The first-order chi connectivity index (χ1) is 12.2. The van der Waals surface area contributed by atoms with Gasteiger partial charge in [0.15, 0.2) is 0 Å². The summed E-state index contributed by atoms with van der Waals surface area (Å²) in [5.74, 6) is 0.458. The van der Waals surface area contributed by atoms with Gasteiger partial charge in [-0.3, -0.25) is 9.69 Å². The van der Waals surface area contributed by atoms with Crippen LogP contribution in [0.5, 0.6) is 0 Å². The van der Waals surface area contributed by atoms with Crippen molar-refractivity contribution in [3.05, 3.63) is 64.7 Å². The van der Waals surface area contributed by atoms with Gasteiger partial charge in [-0.1, -0.05) is 35.9 Å². The van der Waals surface area contributed by atoms with Crippen LogP contribution in [0.1, 0.15) is 24.0 Å². The van der Waals surface area contributed by atoms with E-state index in [1.807, 2.05) is 24.3 Å². The number of nitrogens with zero attached hydrogens (tertiary/aromatic N) is 1. The van der Waals surface area contributed by atoms with E-state index in [1.165, 1.54) is 43.3 Å². The zero-order valence-electron chi connectivity index (χ0n) is 14.2. The van der Waals surface area contributed by atoms with E-state index < -0.39 is 0 Å². The van der Waals surface area contributed by atoms with Gasteiger partial charge in [-0.15, -0.1) is 11.8 Å². The number of thioether (sulfide) groups is 1. The summed E-state index contributed by atoms with van der Waals surface area (Å²) in [6.45, 7) is 3.98. The molecule has 0 saturated carbocycles. The Bertz CT molecular complexity index is 699. The molecule has 0 atom stereocenters. The molecule has 1 aliphatic heterocycles. The minimum absolute atomic E-state index is 0.0462. The average Bonchev–Trinajstić information content (AvgIpc) is 3.13. The molecule has 0 radical (unpaired) electrons. The molecule has 2 aromatic carbocycles. The molecule has 0 spiro atoms. The quantitative estimate of drug-likeness (QED) is 0.731. The summed E-state index contributed by atoms with van der Waals surface area (Å²) >= 11 is 7.39. The van der Waals surface area contributed by atoms with E-state index >= 15 is 0 Å². The van der Waals surface area contributed by atoms with Gasteiger partial charge in [-0.25, -0.2) is 0 Å². The first-order valence-electron chi connectivity index (χ1n) is 8.64. The molecule has 0 unspecified atom stereocenters. The van der Waals surface area contributed by atoms with Crippen molar-refractivity contribution in [1.29, 1.82) is 0 Å². The van der Waals surface area contributed by atoms with Crippen molar-refractivity contribution < 1.29 is 4.79 Å². The normalized spacial score (nSPS) is 14.6. The maximum atomic E-state index is 12.1. The minimum Gasteiger partial charge on any atom is -0.351 e. The molecule has 2 aromatic rings. The molecule has 3 nitrogen and oxygen atoms in total. The Balaban J connectivity index is 1.44. The Morgan fingerprint density at radius 2 is 1.80 bits per heavy atom. The van der Waals surface area contributed by atoms with Gasteiger partial charge in [0.25, 0.3) is 0 Å². The molecule has 1 N–H and O–H groups in total. The second-order valence-corrected chi connectivity index (χ2v) is 7.81. The summed E-state index contributed by atoms with van der Waals surface area (Å²) in [5.41, 5.74) is 2.48. The number of amides is 1. The van der Waals surface area contributed by atoms with Crippen LogP contribution >= 0.6 is 23.4 Å². The fraction of sp³-hybridized carbons (Fsp3) is 0.350. The van der Waals surface area contributed by atoms with Crippen LogP contribution in [0.15, 0.2) is 53.4 Å². The van der Waals surface area contributed by atoms with Gasteiger partial charge < -0.3 is 5.32 Å². The van der Waals surface area contributed by atoms with Crippen molar-refractivity contribution in [2.24, 2.45) is 0 Å². The lowest BCUT2D eigenvalue weighted by atomic mass is 10.1. The Hall–Kier alpha value is -1.49. The van der Waals surface area contributed by atoms with Crippen LogP contribution in [0.25, 0.3) is 0 Å². The fourth-order valence-corrected chi connectivity index (χ4v) is 3.82. The Morgan fingerprint density at radius 3 is 2.56 bits per heavy atom. The molecule has 1 fully saturated rings. The Kier molecular flexibility index (Phi) is 6.79. The van der Waals surface area contributed by atoms with Gasteiger partial charge in [0, 0.05) is 23.0 Å². The molecule has 1 saturated heterocycles. The summed E-state index contributed by atoms with van der Waals surface area (Å²) in [7, 11) is 0. The number of likely N-dealkylation sites (tertiary alicyclic amines) is 1. The molecule has 25 heavy (non-hydrogen) atoms. The van der Waals surface area contributed by atoms with Crippen molar-refractivity contribution in [2.45, 2.75) is 30.8 Å². The number of rotatable bonds is 7. The van der Waals surface area contributed by atoms with E-state index in [0.29, 0.717) is 17.3 Å². The van der Waals surface area contributed by atoms with Crippen molar-refractivity contribution in [1.82, 2.24) is 10.2 Å². The van der Waals surface area contributed by atoms with E-state index in [-0.39, 0.29) is 5.91 Å². The van der Waals surface area contributed by atoms with Gasteiger partial charge in [0.05, 0.1) is 5.75 Å². The molecule has 5 heteroatoms. The summed E-state index contributed by atoms with van der Waals surface area (Å²) in [6, 6.07) is 16.1. The highest BCUT2D eigenvalue weighted by atomic mass is 35.5. The molecule has 3 rings (SSSR count). The molecular formula is C20H23ClN2OS. The maximum Gasteiger partial charge on any atom is 0.230 e. The third kappa shape index (κ3) is 6.07. The monoisotopic (exact) mass is 374 g/mol. The molecule has 1 aliphatic rings. The van der Waals surface area contributed by atoms with Gasteiger partial charge in [0.2, 0.25) is 5.91 Å². The second kappa shape index (κ2) is 9.27. The highest BCUT2D eigenvalue weighted by Crippen LogP contribution is 2.20. The van der Waals surface area contributed by atoms with E-state index in [4.69, 9.17) is 11.6 Å². The minimum atomic E-state index is 0.0462. The predicted octanol–water partition coefficient (Wildman–Crippen LogP) is 4.34. The summed E-state index contributed by atoms with van der Waals surface area (Å²) in [6.07, 6.45) is 2.61. The van der Waals surface area contributed by atoms with E-state index in [9.17, 15) is 4.79 Å². The van der Waals surface area contributed by atoms with Crippen molar-refractivity contribution in [3.8, 4) is 0 Å². The van der Waals surface area contributed by atoms with Crippen LogP contribution in [0.2, 0.25) is 5.02 Å². The Morgan fingerprint density at radius 1 is 1.08 bits per heavy atom. The lowest BCUT2D eigenvalue weighted by molar-refractivity contribution is -0.118. The van der Waals surface area contributed by atoms with Crippen LogP contribution in [-0.2, 0) is 17.9 Å². The fourth-order valence-electron chi connectivity index (χ4n) is 2.97. The second-order valence-electron chi connectivity index (χ2n) is 6.32. The standard InChI is InChI=1S/C20H23ClN2OS/c21-18-6-8-19(9-7-18)25-15-20(24)22-13-16-4-3-5-17(12-16)14-23-10-1-2-11-23/h3-9,12H,1-2,10-11,13-15H2,(H,22,24). The third-order valence-electron chi connectivity index (χ3n) is 4.27. The SMILES string of the molecule is O=C(CSc1ccc(Cl)cc1)NCc1cccc(CN2CCCC2)c1. The first-order valence-corrected chi connectivity index (χ1v) is 10.0. The average molecular weight is 375 g/mol. The number of carbonyl (C=O) groups excluding carboxylic acids is 1. The number of benzene rings is 2. The number of nitrogens with one attached hydrogen (secondary N) is 1. The largest absolute Gasteiger partial charge is 0.351 e. The highest BCUT2D eigenvalue weighted by Gasteiger charge is 2.11. The molecule has 0 bridgehead atoms. The van der Waals surface area contributed by atoms with Crippen molar-refractivity contribution >= 4 is 29.3 Å². The molecule has 1 heterocycles. The molecule has 0 aliphatic carbocycles. The lowest BCUT2D eigenvalue weighted by Gasteiger charge is -2.15. The molecule has 0 aromatic heterocycles. The van der Waals surface area contributed by atoms with Crippen molar-refractivity contribution in [2.75, 3.05) is 18.8 Å². The lowest BCUT2D eigenvalue weighted by Crippen LogP contribution is -2.24. The van der Waals surface area contributed by atoms with Crippen LogP contribution in [0, 0.1) is 0 Å². The molecule has 1 amide bonds. The highest BCUT2D eigenvalue weighted by molar-refractivity contribution is 8.00. The van der Waals surface area contributed by atoms with E-state index in [2.05, 4.69) is 34.5 Å². The van der Waals surface area contributed by atoms with Crippen molar-refractivity contribution in [3.63, 3.8) is 0 Å². The van der Waals surface area contributed by atoms with Gasteiger partial charge in [0.1, 0.15) is 0 Å². The van der Waals surface area contributed by atoms with Crippen LogP contribution in [0.3, 0.4) is 0 Å². The predicted molar refractivity (Wildman–Crippen MR) is 105 cm³/mol. The van der Waals surface area contributed by atoms with E-state index in [1.54, 1.807) is 0 Å². The summed E-state index contributed by atoms with van der Waals surface area (Å²) in [4.78, 5) is 15.6. The van der Waals surface area contributed by atoms with Crippen LogP contribution < -0.4 is 5.32 Å². The smallest absolute Gasteiger partial charge is 0.230 e. The number of carbonyl (C=O) groups is 1. The summed E-state index contributed by atoms with van der Waals surface area (Å²) in [5, 5.41) is 3.71. The maximum absolute atomic E-state index is 12.1. The van der Waals surface area contributed by atoms with Gasteiger partial charge in [-0.05, 0) is 61.3 Å². The number of hydrogen-bond donors (Lipinski definition) is 1. The molecule has 132 valence electrons. The van der Waals surface area contributed by atoms with Crippen LogP contribution in [-0.4, -0.2) is 29.6 Å². The van der Waals surface area contributed by atoms with Gasteiger partial charge in [-0.2, -0.15) is 0 Å². The number of halogens is 1.